The lowest BCUT2D eigenvalue weighted by Gasteiger charge is -2.25. The minimum Gasteiger partial charge on any atom is -0.314 e. The molecule has 1 aliphatic heterocycles. The van der Waals surface area contributed by atoms with Crippen molar-refractivity contribution in [1.29, 1.82) is 0 Å². The summed E-state index contributed by atoms with van der Waals surface area (Å²) in [5.74, 6) is 1.97. The Bertz CT molecular complexity index is 404. The summed E-state index contributed by atoms with van der Waals surface area (Å²) in [6.07, 6.45) is 9.71. The minimum absolute atomic E-state index is 0.664. The molecule has 0 aliphatic carbocycles. The van der Waals surface area contributed by atoms with Crippen LogP contribution in [0.15, 0.2) is 29.2 Å². The van der Waals surface area contributed by atoms with Gasteiger partial charge in [-0.15, -0.1) is 11.8 Å². The quantitative estimate of drug-likeness (QED) is 0.564. The summed E-state index contributed by atoms with van der Waals surface area (Å²) in [4.78, 5) is 1.51. The number of benzene rings is 1. The lowest BCUT2D eigenvalue weighted by Crippen LogP contribution is -2.35. The van der Waals surface area contributed by atoms with E-state index in [2.05, 4.69) is 43.4 Å². The third-order valence-electron chi connectivity index (χ3n) is 4.56. The van der Waals surface area contributed by atoms with Crippen molar-refractivity contribution in [2.45, 2.75) is 75.6 Å². The summed E-state index contributed by atoms with van der Waals surface area (Å²) in [7, 11) is 0. The molecule has 0 spiro atoms. The zero-order chi connectivity index (χ0) is 14.9. The Morgan fingerprint density at radius 2 is 1.86 bits per heavy atom. The summed E-state index contributed by atoms with van der Waals surface area (Å²) in [6, 6.07) is 9.66. The van der Waals surface area contributed by atoms with Gasteiger partial charge < -0.3 is 5.32 Å². The van der Waals surface area contributed by atoms with Crippen molar-refractivity contribution in [1.82, 2.24) is 5.32 Å². The normalized spacial score (nSPS) is 18.7. The molecule has 1 heterocycles. The molecule has 21 heavy (non-hydrogen) atoms. The summed E-state index contributed by atoms with van der Waals surface area (Å²) in [5, 5.41) is 3.75. The maximum atomic E-state index is 3.75. The fraction of sp³-hybridized carbons (Fsp3) is 0.684. The Labute approximate surface area is 135 Å². The molecule has 0 fully saturated rings. The van der Waals surface area contributed by atoms with E-state index in [0.29, 0.717) is 12.0 Å². The largest absolute Gasteiger partial charge is 0.314 e. The van der Waals surface area contributed by atoms with Crippen molar-refractivity contribution >= 4 is 11.8 Å². The molecule has 0 saturated heterocycles. The van der Waals surface area contributed by atoms with Gasteiger partial charge in [-0.25, -0.2) is 0 Å². The molecule has 0 bridgehead atoms. The average Bonchev–Trinajstić information content (AvgIpc) is 2.93. The molecule has 1 aromatic rings. The van der Waals surface area contributed by atoms with Crippen LogP contribution in [0.3, 0.4) is 0 Å². The molecule has 2 rings (SSSR count). The third-order valence-corrected chi connectivity index (χ3v) is 5.77. The lowest BCUT2D eigenvalue weighted by molar-refractivity contribution is 0.417. The van der Waals surface area contributed by atoms with Crippen LogP contribution in [0.25, 0.3) is 0 Å². The number of hydrogen-bond acceptors (Lipinski definition) is 2. The second-order valence-electron chi connectivity index (χ2n) is 6.18. The Kier molecular flexibility index (Phi) is 7.66. The first-order valence-electron chi connectivity index (χ1n) is 8.82. The molecule has 2 unspecified atom stereocenters. The van der Waals surface area contributed by atoms with Crippen molar-refractivity contribution in [3.05, 3.63) is 29.8 Å². The zero-order valence-electron chi connectivity index (χ0n) is 13.7. The van der Waals surface area contributed by atoms with E-state index < -0.39 is 0 Å². The van der Waals surface area contributed by atoms with Crippen molar-refractivity contribution in [3.8, 4) is 0 Å². The van der Waals surface area contributed by atoms with Gasteiger partial charge in [-0.3, -0.25) is 0 Å². The summed E-state index contributed by atoms with van der Waals surface area (Å²) in [5.41, 5.74) is 1.58. The van der Waals surface area contributed by atoms with Gasteiger partial charge in [0.1, 0.15) is 0 Å². The fourth-order valence-corrected chi connectivity index (χ4v) is 4.70. The van der Waals surface area contributed by atoms with E-state index in [4.69, 9.17) is 0 Å². The molecule has 0 radical (unpaired) electrons. The van der Waals surface area contributed by atoms with Gasteiger partial charge in [0.25, 0.3) is 0 Å². The van der Waals surface area contributed by atoms with Crippen LogP contribution < -0.4 is 5.32 Å². The molecule has 0 saturated carbocycles. The van der Waals surface area contributed by atoms with Gasteiger partial charge in [0.2, 0.25) is 0 Å². The molecule has 2 atom stereocenters. The summed E-state index contributed by atoms with van der Waals surface area (Å²) in [6.45, 7) is 5.61. The van der Waals surface area contributed by atoms with Crippen molar-refractivity contribution in [2.75, 3.05) is 12.3 Å². The predicted octanol–water partition coefficient (Wildman–Crippen LogP) is 5.60. The first kappa shape index (κ1) is 16.9. The van der Waals surface area contributed by atoms with Gasteiger partial charge >= 0.3 is 0 Å². The molecule has 0 amide bonds. The number of unbranched alkanes of at least 4 members (excludes halogenated alkanes) is 5. The average molecular weight is 306 g/mol. The van der Waals surface area contributed by atoms with Crippen LogP contribution in [0.1, 0.15) is 70.3 Å². The summed E-state index contributed by atoms with van der Waals surface area (Å²) >= 11 is 2.04. The lowest BCUT2D eigenvalue weighted by atomic mass is 9.89. The Hall–Kier alpha value is -0.470. The van der Waals surface area contributed by atoms with Gasteiger partial charge in [-0.05, 0) is 24.6 Å². The van der Waals surface area contributed by atoms with E-state index in [9.17, 15) is 0 Å². The van der Waals surface area contributed by atoms with Crippen LogP contribution in [0.2, 0.25) is 0 Å². The highest BCUT2D eigenvalue weighted by atomic mass is 32.2. The smallest absolute Gasteiger partial charge is 0.0144 e. The monoisotopic (exact) mass is 305 g/mol. The van der Waals surface area contributed by atoms with Crippen LogP contribution in [-0.2, 0) is 0 Å². The van der Waals surface area contributed by atoms with Crippen LogP contribution in [0.5, 0.6) is 0 Å². The highest BCUT2D eigenvalue weighted by Gasteiger charge is 2.29. The van der Waals surface area contributed by atoms with Gasteiger partial charge in [0, 0.05) is 22.6 Å². The maximum absolute atomic E-state index is 3.75. The first-order valence-corrected chi connectivity index (χ1v) is 9.80. The maximum Gasteiger partial charge on any atom is 0.0144 e. The Morgan fingerprint density at radius 3 is 2.67 bits per heavy atom. The number of fused-ring (bicyclic) bond motifs is 1. The van der Waals surface area contributed by atoms with E-state index in [0.717, 1.165) is 6.54 Å². The number of hydrogen-bond donors (Lipinski definition) is 1. The second kappa shape index (κ2) is 9.53. The van der Waals surface area contributed by atoms with Gasteiger partial charge in [0.15, 0.2) is 0 Å². The molecular formula is C19H31NS. The number of nitrogens with one attached hydrogen (secondary N) is 1. The van der Waals surface area contributed by atoms with Crippen molar-refractivity contribution < 1.29 is 0 Å². The van der Waals surface area contributed by atoms with Gasteiger partial charge in [-0.1, -0.05) is 70.6 Å². The van der Waals surface area contributed by atoms with Crippen LogP contribution in [-0.4, -0.2) is 18.3 Å². The molecule has 118 valence electrons. The van der Waals surface area contributed by atoms with E-state index in [1.807, 2.05) is 11.8 Å². The molecular weight excluding hydrogens is 274 g/mol. The number of likely N-dealkylation sites (N-methyl/N-ethyl adjacent to an activating group) is 1. The highest BCUT2D eigenvalue weighted by molar-refractivity contribution is 7.99. The van der Waals surface area contributed by atoms with Crippen LogP contribution in [0, 0.1) is 0 Å². The molecule has 2 heteroatoms. The van der Waals surface area contributed by atoms with E-state index in [-0.39, 0.29) is 0 Å². The Morgan fingerprint density at radius 1 is 1.10 bits per heavy atom. The second-order valence-corrected chi connectivity index (χ2v) is 7.24. The van der Waals surface area contributed by atoms with E-state index >= 15 is 0 Å². The topological polar surface area (TPSA) is 12.0 Å². The Balaban J connectivity index is 1.82. The molecule has 1 N–H and O–H groups in total. The van der Waals surface area contributed by atoms with Gasteiger partial charge in [-0.2, -0.15) is 0 Å². The predicted molar refractivity (Wildman–Crippen MR) is 95.4 cm³/mol. The van der Waals surface area contributed by atoms with E-state index in [1.165, 1.54) is 55.6 Å². The van der Waals surface area contributed by atoms with Gasteiger partial charge in [0.05, 0.1) is 0 Å². The number of rotatable bonds is 10. The molecule has 1 aromatic carbocycles. The first-order chi connectivity index (χ1) is 10.4. The highest BCUT2D eigenvalue weighted by Crippen LogP contribution is 2.41. The molecule has 0 aromatic heterocycles. The zero-order valence-corrected chi connectivity index (χ0v) is 14.6. The standard InChI is InChI=1S/C19H31NS/c1-3-5-6-7-8-9-13-18(20-4-2)17-15-21-19-14-11-10-12-16(17)19/h10-12,14,17-18,20H,3-9,13,15H2,1-2H3. The van der Waals surface area contributed by atoms with Crippen LogP contribution in [0.4, 0.5) is 0 Å². The summed E-state index contributed by atoms with van der Waals surface area (Å²) < 4.78 is 0. The molecule has 1 aliphatic rings. The van der Waals surface area contributed by atoms with Crippen molar-refractivity contribution in [2.24, 2.45) is 0 Å². The van der Waals surface area contributed by atoms with E-state index in [1.54, 1.807) is 5.56 Å². The van der Waals surface area contributed by atoms with Crippen molar-refractivity contribution in [3.63, 3.8) is 0 Å². The number of thioether (sulfide) groups is 1. The minimum atomic E-state index is 0.664. The SMILES string of the molecule is CCCCCCCCC(NCC)C1CSc2ccccc21. The fourth-order valence-electron chi connectivity index (χ4n) is 3.37. The molecule has 1 nitrogen and oxygen atoms in total. The third kappa shape index (κ3) is 5.03. The van der Waals surface area contributed by atoms with Crippen LogP contribution >= 0.6 is 11.8 Å².